The molecule has 6 heteroatoms. The number of thiocarbonyl (C=S) groups is 1. The highest BCUT2D eigenvalue weighted by atomic mass is 32.1. The van der Waals surface area contributed by atoms with Gasteiger partial charge in [-0.25, -0.2) is 0 Å². The lowest BCUT2D eigenvalue weighted by Crippen LogP contribution is -2.44. The van der Waals surface area contributed by atoms with Gasteiger partial charge >= 0.3 is 0 Å². The Morgan fingerprint density at radius 1 is 1.33 bits per heavy atom. The van der Waals surface area contributed by atoms with E-state index in [1.165, 1.54) is 25.7 Å². The molecule has 0 radical (unpaired) electrons. The summed E-state index contributed by atoms with van der Waals surface area (Å²) in [5.74, 6) is 0.658. The highest BCUT2D eigenvalue weighted by molar-refractivity contribution is 7.80. The number of nitrogens with zero attached hydrogens (tertiary/aromatic N) is 2. The molecule has 0 spiro atoms. The van der Waals surface area contributed by atoms with Crippen molar-refractivity contribution in [2.24, 2.45) is 11.0 Å². The third-order valence-electron chi connectivity index (χ3n) is 4.58. The predicted octanol–water partition coefficient (Wildman–Crippen LogP) is 2.49. The molecular formula is C18H28N4OS. The van der Waals surface area contributed by atoms with Gasteiger partial charge < -0.3 is 15.3 Å². The van der Waals surface area contributed by atoms with Crippen molar-refractivity contribution in [2.75, 3.05) is 25.1 Å². The maximum atomic E-state index is 8.97. The highest BCUT2D eigenvalue weighted by Crippen LogP contribution is 2.23. The molecule has 2 atom stereocenters. The molecule has 0 aliphatic heterocycles. The van der Waals surface area contributed by atoms with Gasteiger partial charge in [0, 0.05) is 25.3 Å². The molecule has 1 fully saturated rings. The van der Waals surface area contributed by atoms with Crippen molar-refractivity contribution in [3.05, 3.63) is 29.8 Å². The van der Waals surface area contributed by atoms with E-state index in [1.807, 2.05) is 36.2 Å². The van der Waals surface area contributed by atoms with E-state index in [0.29, 0.717) is 23.6 Å². The molecule has 1 aliphatic carbocycles. The predicted molar refractivity (Wildman–Crippen MR) is 105 cm³/mol. The summed E-state index contributed by atoms with van der Waals surface area (Å²) in [6.07, 6.45) is 6.79. The summed E-state index contributed by atoms with van der Waals surface area (Å²) < 4.78 is 0. The van der Waals surface area contributed by atoms with Crippen LogP contribution in [0.1, 0.15) is 38.2 Å². The molecule has 0 saturated heterocycles. The van der Waals surface area contributed by atoms with Gasteiger partial charge in [0.2, 0.25) is 0 Å². The Hall–Kier alpha value is -1.66. The minimum Gasteiger partial charge on any atom is -0.395 e. The molecule has 24 heavy (non-hydrogen) atoms. The first kappa shape index (κ1) is 18.7. The monoisotopic (exact) mass is 348 g/mol. The molecule has 0 aromatic heterocycles. The summed E-state index contributed by atoms with van der Waals surface area (Å²) in [4.78, 5) is 2.00. The Kier molecular flexibility index (Phi) is 7.46. The van der Waals surface area contributed by atoms with Crippen molar-refractivity contribution in [3.63, 3.8) is 0 Å². The summed E-state index contributed by atoms with van der Waals surface area (Å²) in [5, 5.41) is 17.1. The molecule has 1 aromatic carbocycles. The van der Waals surface area contributed by atoms with E-state index in [2.05, 4.69) is 22.8 Å². The molecule has 5 nitrogen and oxygen atoms in total. The van der Waals surface area contributed by atoms with E-state index in [0.717, 1.165) is 11.3 Å². The molecule has 1 aliphatic rings. The minimum absolute atomic E-state index is 0.147. The molecule has 0 bridgehead atoms. The fourth-order valence-corrected chi connectivity index (χ4v) is 3.19. The first-order chi connectivity index (χ1) is 11.6. The zero-order chi connectivity index (χ0) is 17.4. The number of likely N-dealkylation sites (N-methyl/N-ethyl adjacent to an activating group) is 1. The van der Waals surface area contributed by atoms with E-state index >= 15 is 0 Å². The summed E-state index contributed by atoms with van der Waals surface area (Å²) in [6, 6.07) is 8.46. The van der Waals surface area contributed by atoms with Crippen LogP contribution in [-0.4, -0.2) is 42.7 Å². The second-order valence-electron chi connectivity index (χ2n) is 6.45. The van der Waals surface area contributed by atoms with Crippen molar-refractivity contribution in [1.29, 1.82) is 0 Å². The van der Waals surface area contributed by atoms with Gasteiger partial charge in [-0.05, 0) is 48.7 Å². The molecule has 0 unspecified atom stereocenters. The Morgan fingerprint density at radius 2 is 2.04 bits per heavy atom. The molecule has 1 aromatic rings. The largest absolute Gasteiger partial charge is 0.395 e. The van der Waals surface area contributed by atoms with Crippen LogP contribution in [-0.2, 0) is 0 Å². The topological polar surface area (TPSA) is 59.9 Å². The van der Waals surface area contributed by atoms with E-state index < -0.39 is 0 Å². The minimum atomic E-state index is 0.147. The maximum absolute atomic E-state index is 8.97. The fourth-order valence-electron chi connectivity index (χ4n) is 2.99. The van der Waals surface area contributed by atoms with Gasteiger partial charge in [0.1, 0.15) is 0 Å². The summed E-state index contributed by atoms with van der Waals surface area (Å²) in [7, 11) is 1.96. The van der Waals surface area contributed by atoms with Crippen LogP contribution >= 0.6 is 12.2 Å². The lowest BCUT2D eigenvalue weighted by Gasteiger charge is -2.30. The van der Waals surface area contributed by atoms with Crippen molar-refractivity contribution < 1.29 is 5.11 Å². The molecular weight excluding hydrogens is 320 g/mol. The Bertz CT molecular complexity index is 546. The van der Waals surface area contributed by atoms with Gasteiger partial charge in [-0.1, -0.05) is 31.9 Å². The fraction of sp³-hybridized carbons (Fsp3) is 0.556. The molecule has 3 N–H and O–H groups in total. The van der Waals surface area contributed by atoms with Crippen molar-refractivity contribution in [1.82, 2.24) is 10.7 Å². The number of benzene rings is 1. The second-order valence-corrected chi connectivity index (χ2v) is 6.86. The summed E-state index contributed by atoms with van der Waals surface area (Å²) in [5.41, 5.74) is 4.97. The smallest absolute Gasteiger partial charge is 0.187 e. The van der Waals surface area contributed by atoms with Crippen LogP contribution in [0.15, 0.2) is 29.4 Å². The van der Waals surface area contributed by atoms with Gasteiger partial charge in [0.05, 0.1) is 12.8 Å². The molecule has 132 valence electrons. The van der Waals surface area contributed by atoms with Gasteiger partial charge in [-0.15, -0.1) is 0 Å². The second kappa shape index (κ2) is 9.59. The van der Waals surface area contributed by atoms with Crippen molar-refractivity contribution >= 4 is 29.2 Å². The SMILES string of the molecule is C[C@H]1CCCC[C@H]1NC(=S)N/N=C\c1ccc(N(C)CCO)cc1. The third-order valence-corrected chi connectivity index (χ3v) is 4.79. The average Bonchev–Trinajstić information content (AvgIpc) is 2.58. The van der Waals surface area contributed by atoms with Crippen LogP contribution in [0.25, 0.3) is 0 Å². The van der Waals surface area contributed by atoms with Gasteiger partial charge in [0.15, 0.2) is 5.11 Å². The number of anilines is 1. The molecule has 0 amide bonds. The van der Waals surface area contributed by atoms with Gasteiger partial charge in [-0.2, -0.15) is 5.10 Å². The number of aliphatic hydroxyl groups is 1. The van der Waals surface area contributed by atoms with Crippen molar-refractivity contribution in [3.8, 4) is 0 Å². The summed E-state index contributed by atoms with van der Waals surface area (Å²) in [6.45, 7) is 3.04. The highest BCUT2D eigenvalue weighted by Gasteiger charge is 2.21. The first-order valence-corrected chi connectivity index (χ1v) is 9.02. The number of hydrogen-bond acceptors (Lipinski definition) is 4. The standard InChI is InChI=1S/C18H28N4OS/c1-14-5-3-4-6-17(14)20-18(24)21-19-13-15-7-9-16(10-8-15)22(2)11-12-23/h7-10,13-14,17,23H,3-6,11-12H2,1-2H3,(H2,20,21,24)/b19-13-/t14-,17+/m0/s1. The van der Waals surface area contributed by atoms with Crippen LogP contribution in [0.4, 0.5) is 5.69 Å². The van der Waals surface area contributed by atoms with E-state index in [1.54, 1.807) is 6.21 Å². The third kappa shape index (κ3) is 5.76. The lowest BCUT2D eigenvalue weighted by molar-refractivity contribution is 0.304. The van der Waals surface area contributed by atoms with Crippen LogP contribution in [0, 0.1) is 5.92 Å². The summed E-state index contributed by atoms with van der Waals surface area (Å²) >= 11 is 5.32. The normalized spacial score (nSPS) is 20.8. The molecule has 0 heterocycles. The Morgan fingerprint density at radius 3 is 2.71 bits per heavy atom. The lowest BCUT2D eigenvalue weighted by atomic mass is 9.86. The molecule has 2 rings (SSSR count). The molecule has 1 saturated carbocycles. The van der Waals surface area contributed by atoms with Crippen molar-refractivity contribution in [2.45, 2.75) is 38.6 Å². The van der Waals surface area contributed by atoms with Gasteiger partial charge in [0.25, 0.3) is 0 Å². The number of hydrogen-bond donors (Lipinski definition) is 3. The number of aliphatic hydroxyl groups excluding tert-OH is 1. The quantitative estimate of drug-likeness (QED) is 0.419. The van der Waals surface area contributed by atoms with Gasteiger partial charge in [-0.3, -0.25) is 5.43 Å². The number of rotatable bonds is 6. The van der Waals surface area contributed by atoms with Crippen LogP contribution in [0.2, 0.25) is 0 Å². The zero-order valence-electron chi connectivity index (χ0n) is 14.5. The van der Waals surface area contributed by atoms with E-state index in [9.17, 15) is 0 Å². The zero-order valence-corrected chi connectivity index (χ0v) is 15.4. The Labute approximate surface area is 150 Å². The average molecular weight is 349 g/mol. The van der Waals surface area contributed by atoms with Crippen LogP contribution < -0.4 is 15.6 Å². The Balaban J connectivity index is 1.79. The maximum Gasteiger partial charge on any atom is 0.187 e. The number of hydrazone groups is 1. The van der Waals surface area contributed by atoms with Crippen LogP contribution in [0.5, 0.6) is 0 Å². The van der Waals surface area contributed by atoms with E-state index in [-0.39, 0.29) is 6.61 Å². The van der Waals surface area contributed by atoms with E-state index in [4.69, 9.17) is 17.3 Å². The first-order valence-electron chi connectivity index (χ1n) is 8.62. The van der Waals surface area contributed by atoms with Crippen LogP contribution in [0.3, 0.4) is 0 Å². The number of nitrogens with one attached hydrogen (secondary N) is 2.